The van der Waals surface area contributed by atoms with Gasteiger partial charge in [0.25, 0.3) is 5.91 Å². The lowest BCUT2D eigenvalue weighted by Crippen LogP contribution is -2.41. The van der Waals surface area contributed by atoms with E-state index in [1.54, 1.807) is 18.4 Å². The smallest absolute Gasteiger partial charge is 0.263 e. The molecule has 0 aliphatic rings. The number of nitrogen functional groups attached to an aromatic ring is 1. The van der Waals surface area contributed by atoms with Crippen LogP contribution in [0.4, 0.5) is 5.69 Å². The summed E-state index contributed by atoms with van der Waals surface area (Å²) in [4.78, 5) is 12.3. The van der Waals surface area contributed by atoms with Crippen LogP contribution in [0, 0.1) is 5.92 Å². The van der Waals surface area contributed by atoms with Crippen molar-refractivity contribution in [2.75, 3.05) is 12.3 Å². The van der Waals surface area contributed by atoms with Crippen LogP contribution in [-0.4, -0.2) is 23.2 Å². The highest BCUT2D eigenvalue weighted by molar-refractivity contribution is 7.12. The summed E-state index contributed by atoms with van der Waals surface area (Å²) in [6, 6.07) is 1.70. The van der Waals surface area contributed by atoms with Gasteiger partial charge in [-0.3, -0.25) is 4.79 Å². The summed E-state index contributed by atoms with van der Waals surface area (Å²) in [5.41, 5.74) is 5.25. The van der Waals surface area contributed by atoms with E-state index in [4.69, 9.17) is 5.73 Å². The summed E-state index contributed by atoms with van der Waals surface area (Å²) in [6.07, 6.45) is 0.646. The minimum Gasteiger partial charge on any atom is -0.397 e. The molecule has 1 heterocycles. The minimum absolute atomic E-state index is 0.221. The van der Waals surface area contributed by atoms with Crippen molar-refractivity contribution in [2.45, 2.75) is 32.8 Å². The van der Waals surface area contributed by atoms with E-state index < -0.39 is 5.60 Å². The van der Waals surface area contributed by atoms with Crippen LogP contribution in [0.3, 0.4) is 0 Å². The van der Waals surface area contributed by atoms with E-state index in [0.717, 1.165) is 0 Å². The number of aliphatic hydroxyl groups is 1. The molecule has 1 aromatic heterocycles. The molecule has 0 fully saturated rings. The Hall–Kier alpha value is -1.07. The number of rotatable bonds is 5. The molecule has 4 nitrogen and oxygen atoms in total. The number of nitrogens with one attached hydrogen (secondary N) is 1. The molecule has 1 rings (SSSR count). The van der Waals surface area contributed by atoms with Crippen molar-refractivity contribution in [3.05, 3.63) is 16.3 Å². The quantitative estimate of drug-likeness (QED) is 0.752. The molecule has 4 N–H and O–H groups in total. The van der Waals surface area contributed by atoms with Crippen molar-refractivity contribution in [3.8, 4) is 0 Å². The number of carbonyl (C=O) groups excluding carboxylic acids is 1. The van der Waals surface area contributed by atoms with Crippen molar-refractivity contribution in [1.29, 1.82) is 0 Å². The van der Waals surface area contributed by atoms with Crippen molar-refractivity contribution >= 4 is 22.9 Å². The topological polar surface area (TPSA) is 75.3 Å². The molecule has 0 bridgehead atoms. The Morgan fingerprint density at radius 2 is 2.29 bits per heavy atom. The van der Waals surface area contributed by atoms with Crippen molar-refractivity contribution in [2.24, 2.45) is 5.92 Å². The van der Waals surface area contributed by atoms with Gasteiger partial charge in [-0.05, 0) is 30.7 Å². The molecule has 0 aliphatic carbocycles. The number of thiophene rings is 1. The van der Waals surface area contributed by atoms with Crippen molar-refractivity contribution < 1.29 is 9.90 Å². The maximum Gasteiger partial charge on any atom is 0.263 e. The second-order valence-electron chi connectivity index (χ2n) is 4.98. The fourth-order valence-electron chi connectivity index (χ4n) is 1.81. The molecule has 0 aliphatic heterocycles. The zero-order valence-corrected chi connectivity index (χ0v) is 11.3. The summed E-state index contributed by atoms with van der Waals surface area (Å²) in [5.74, 6) is 0.162. The second-order valence-corrected chi connectivity index (χ2v) is 5.90. The highest BCUT2D eigenvalue weighted by atomic mass is 32.1. The number of hydrogen-bond donors (Lipinski definition) is 3. The number of carbonyl (C=O) groups is 1. The third-order valence-corrected chi connectivity index (χ3v) is 3.31. The summed E-state index contributed by atoms with van der Waals surface area (Å²) in [7, 11) is 0. The van der Waals surface area contributed by atoms with Crippen molar-refractivity contribution in [1.82, 2.24) is 5.32 Å². The minimum atomic E-state index is -0.879. The highest BCUT2D eigenvalue weighted by Crippen LogP contribution is 2.19. The van der Waals surface area contributed by atoms with Gasteiger partial charge < -0.3 is 16.2 Å². The van der Waals surface area contributed by atoms with Gasteiger partial charge in [-0.25, -0.2) is 0 Å². The van der Waals surface area contributed by atoms with E-state index in [9.17, 15) is 9.90 Å². The van der Waals surface area contributed by atoms with Crippen LogP contribution in [0.5, 0.6) is 0 Å². The Labute approximate surface area is 106 Å². The molecule has 96 valence electrons. The first-order chi connectivity index (χ1) is 7.82. The molecular formula is C12H20N2O2S. The maximum atomic E-state index is 11.8. The molecule has 17 heavy (non-hydrogen) atoms. The molecular weight excluding hydrogens is 236 g/mol. The van der Waals surface area contributed by atoms with E-state index >= 15 is 0 Å². The molecule has 0 aromatic carbocycles. The number of anilines is 1. The third kappa shape index (κ3) is 4.36. The van der Waals surface area contributed by atoms with E-state index in [0.29, 0.717) is 22.9 Å². The normalized spacial score (nSPS) is 14.6. The van der Waals surface area contributed by atoms with Gasteiger partial charge in [-0.1, -0.05) is 13.8 Å². The summed E-state index contributed by atoms with van der Waals surface area (Å²) >= 11 is 1.30. The molecule has 0 saturated heterocycles. The van der Waals surface area contributed by atoms with E-state index in [-0.39, 0.29) is 12.5 Å². The predicted octanol–water partition coefficient (Wildman–Crippen LogP) is 1.86. The van der Waals surface area contributed by atoms with Crippen LogP contribution in [-0.2, 0) is 0 Å². The van der Waals surface area contributed by atoms with Gasteiger partial charge in [0.1, 0.15) is 4.88 Å². The van der Waals surface area contributed by atoms with Gasteiger partial charge in [-0.2, -0.15) is 0 Å². The van der Waals surface area contributed by atoms with Gasteiger partial charge in [0.15, 0.2) is 0 Å². The Morgan fingerprint density at radius 3 is 2.76 bits per heavy atom. The number of amides is 1. The van der Waals surface area contributed by atoms with Gasteiger partial charge in [-0.15, -0.1) is 11.3 Å². The molecule has 0 saturated carbocycles. The molecule has 0 radical (unpaired) electrons. The lowest BCUT2D eigenvalue weighted by Gasteiger charge is -2.25. The fourth-order valence-corrected chi connectivity index (χ4v) is 2.54. The molecule has 1 unspecified atom stereocenters. The van der Waals surface area contributed by atoms with Crippen LogP contribution in [0.1, 0.15) is 36.9 Å². The zero-order chi connectivity index (χ0) is 13.1. The first-order valence-corrected chi connectivity index (χ1v) is 6.53. The van der Waals surface area contributed by atoms with Crippen LogP contribution in [0.2, 0.25) is 0 Å². The van der Waals surface area contributed by atoms with Gasteiger partial charge >= 0.3 is 0 Å². The van der Waals surface area contributed by atoms with Crippen LogP contribution < -0.4 is 11.1 Å². The van der Waals surface area contributed by atoms with Gasteiger partial charge in [0, 0.05) is 6.54 Å². The fraction of sp³-hybridized carbons (Fsp3) is 0.583. The summed E-state index contributed by atoms with van der Waals surface area (Å²) in [6.45, 7) is 6.04. The maximum absolute atomic E-state index is 11.8. The van der Waals surface area contributed by atoms with Gasteiger partial charge in [0.05, 0.1) is 11.3 Å². The molecule has 1 aromatic rings. The average Bonchev–Trinajstić information content (AvgIpc) is 2.59. The molecule has 1 amide bonds. The molecule has 0 spiro atoms. The third-order valence-electron chi connectivity index (χ3n) is 2.38. The standard InChI is InChI=1S/C12H20N2O2S/c1-8(2)6-12(3,16)7-14-11(15)10-9(13)4-5-17-10/h4-5,8,16H,6-7,13H2,1-3H3,(H,14,15). The average molecular weight is 256 g/mol. The Kier molecular flexibility index (Phi) is 4.54. The SMILES string of the molecule is CC(C)CC(C)(O)CNC(=O)c1sccc1N. The highest BCUT2D eigenvalue weighted by Gasteiger charge is 2.23. The Balaban J connectivity index is 2.51. The van der Waals surface area contributed by atoms with E-state index in [1.165, 1.54) is 11.3 Å². The zero-order valence-electron chi connectivity index (χ0n) is 10.5. The predicted molar refractivity (Wildman–Crippen MR) is 71.1 cm³/mol. The van der Waals surface area contributed by atoms with Gasteiger partial charge in [0.2, 0.25) is 0 Å². The van der Waals surface area contributed by atoms with E-state index in [1.807, 2.05) is 13.8 Å². The largest absolute Gasteiger partial charge is 0.397 e. The first-order valence-electron chi connectivity index (χ1n) is 5.65. The second kappa shape index (κ2) is 5.51. The monoisotopic (exact) mass is 256 g/mol. The summed E-state index contributed by atoms with van der Waals surface area (Å²) < 4.78 is 0. The molecule has 1 atom stereocenters. The Bertz CT molecular complexity index is 386. The molecule has 5 heteroatoms. The van der Waals surface area contributed by atoms with Crippen LogP contribution in [0.15, 0.2) is 11.4 Å². The Morgan fingerprint density at radius 1 is 1.65 bits per heavy atom. The van der Waals surface area contributed by atoms with Crippen LogP contribution in [0.25, 0.3) is 0 Å². The summed E-state index contributed by atoms with van der Waals surface area (Å²) in [5, 5.41) is 14.5. The van der Waals surface area contributed by atoms with Crippen LogP contribution >= 0.6 is 11.3 Å². The van der Waals surface area contributed by atoms with Crippen molar-refractivity contribution in [3.63, 3.8) is 0 Å². The number of hydrogen-bond acceptors (Lipinski definition) is 4. The number of nitrogens with two attached hydrogens (primary N) is 1. The van der Waals surface area contributed by atoms with E-state index in [2.05, 4.69) is 5.32 Å². The lowest BCUT2D eigenvalue weighted by atomic mass is 9.94. The first kappa shape index (κ1) is 14.0. The lowest BCUT2D eigenvalue weighted by molar-refractivity contribution is 0.0369.